The van der Waals surface area contributed by atoms with E-state index in [1.807, 2.05) is 9.62 Å². The number of nitrogens with zero attached hydrogens (tertiary/aromatic N) is 7. The van der Waals surface area contributed by atoms with E-state index in [9.17, 15) is 36.6 Å². The quantitative estimate of drug-likeness (QED) is 0.0301. The van der Waals surface area contributed by atoms with Crippen LogP contribution >= 0.6 is 51.0 Å². The van der Waals surface area contributed by atoms with E-state index >= 15 is 0 Å². The van der Waals surface area contributed by atoms with Crippen molar-refractivity contribution in [3.63, 3.8) is 0 Å². The monoisotopic (exact) mass is 1360 g/mol. The van der Waals surface area contributed by atoms with Gasteiger partial charge in [-0.2, -0.15) is 27.0 Å². The minimum absolute atomic E-state index is 0. The Kier molecular flexibility index (Phi) is 30.6. The molecule has 4 fully saturated rings. The Hall–Kier alpha value is -3.06. The van der Waals surface area contributed by atoms with Crippen molar-refractivity contribution < 1.29 is 165 Å². The Labute approximate surface area is 613 Å². The molecule has 2 aromatic carbocycles. The van der Waals surface area contributed by atoms with Crippen molar-refractivity contribution in [2.24, 2.45) is 22.7 Å². The third kappa shape index (κ3) is 21.8. The van der Waals surface area contributed by atoms with E-state index in [0.717, 1.165) is 38.0 Å². The molecule has 2 atom stereocenters. The van der Waals surface area contributed by atoms with Gasteiger partial charge in [-0.05, 0) is 133 Å². The number of carbonyl (C=O) groups is 3. The number of phenols is 2. The first-order chi connectivity index (χ1) is 38.0. The molecule has 0 unspecified atom stereocenters. The molecule has 0 bridgehead atoms. The largest absolute Gasteiger partial charge is 1.00 e. The molecule has 2 saturated carbocycles. The summed E-state index contributed by atoms with van der Waals surface area (Å²) < 4.78 is 69.2. The Morgan fingerprint density at radius 3 is 1.50 bits per heavy atom. The zero-order valence-electron chi connectivity index (χ0n) is 50.7. The number of anilines is 1. The van der Waals surface area contributed by atoms with Gasteiger partial charge in [0.05, 0.1) is 24.3 Å². The summed E-state index contributed by atoms with van der Waals surface area (Å²) in [5, 5.41) is 40.2. The topological polar surface area (TPSA) is 311 Å². The molecule has 0 spiro atoms. The van der Waals surface area contributed by atoms with Crippen molar-refractivity contribution in [3.8, 4) is 34.9 Å². The van der Waals surface area contributed by atoms with Crippen molar-refractivity contribution in [3.05, 3.63) is 114 Å². The molecule has 4 aromatic heterocycles. The van der Waals surface area contributed by atoms with E-state index in [2.05, 4.69) is 85.5 Å². The van der Waals surface area contributed by atoms with Crippen LogP contribution in [0.4, 0.5) is 5.82 Å². The maximum Gasteiger partial charge on any atom is 1.00 e. The van der Waals surface area contributed by atoms with Crippen LogP contribution in [0, 0.1) is 22.7 Å². The number of aromatic hydroxyl groups is 2. The standard InChI is InChI=1S/C27H33N5O5S.C20H19ClN4O5S.C7H15N.CH2O3.ClH.2K.2H2S.H/c1-18-15-26(2,3)31(16-18)24-19(25(34)30-38(35,36)21-8-6-5-7-20(21)33)9-10-22(28-24)32-14-11-23(29-32)37-17-27(4)12-13-27;1-20(9-10-20)12-30-17-8-11-25(23-17)16-7-6-13(18(21)22-16)19(27)24-31(28,29)15-5-3-2-4-14(15)26;1-6-4-7(2,3)8-5-6;2-1-4-3;;;;;;/h5-11,14,18,33H,12-13,15-17H2,1-4H3,(H,30,34);2-8,11,26H,9-10,12H2,1H3,(H,24,27);6,8H,4-5H2,1-3H3;1,3H;1H;;;2*1H2;/q;;;;;2*+1;;;-1/p-1/t18-;;6-;;;;;;;/m0.0......./s1. The molecule has 4 aliphatic rings. The fraction of sp³-hybridized carbons (Fsp3) is 0.436. The second-order valence-electron chi connectivity index (χ2n) is 22.7. The molecule has 10 rings (SSSR count). The molecule has 6 heterocycles. The van der Waals surface area contributed by atoms with Crippen molar-refractivity contribution in [1.29, 1.82) is 0 Å². The summed E-state index contributed by atoms with van der Waals surface area (Å²) in [6.07, 6.45) is 10.2. The summed E-state index contributed by atoms with van der Waals surface area (Å²) in [4.78, 5) is 47.2. The molecule has 2 aliphatic heterocycles. The van der Waals surface area contributed by atoms with Gasteiger partial charge in [-0.3, -0.25) is 14.4 Å². The van der Waals surface area contributed by atoms with Gasteiger partial charge in [0.2, 0.25) is 11.8 Å². The Morgan fingerprint density at radius 2 is 1.14 bits per heavy atom. The van der Waals surface area contributed by atoms with Crippen molar-refractivity contribution >= 4 is 95.2 Å². The van der Waals surface area contributed by atoms with Crippen LogP contribution in [-0.4, -0.2) is 112 Å². The number of hydrogen-bond acceptors (Lipinski definition) is 19. The molecule has 2 aliphatic carbocycles. The number of phenolic OH excluding ortho intramolecular Hbond substituents is 2. The van der Waals surface area contributed by atoms with Gasteiger partial charge in [0, 0.05) is 53.0 Å². The zero-order chi connectivity index (χ0) is 59.1. The van der Waals surface area contributed by atoms with Crippen molar-refractivity contribution in [2.45, 2.75) is 115 Å². The number of aromatic nitrogens is 6. The number of hydrogen-bond donors (Lipinski definition) is 5. The maximum atomic E-state index is 13.4. The number of amides is 2. The molecular formula is C55H74Cl2K2N10O13S4. The number of ether oxygens (including phenoxy) is 2. The molecule has 86 heavy (non-hydrogen) atoms. The van der Waals surface area contributed by atoms with Crippen LogP contribution in [0.15, 0.2) is 107 Å². The number of rotatable bonds is 16. The normalized spacial score (nSPS) is 17.6. The number of halogens is 2. The smallest absolute Gasteiger partial charge is 1.00 e. The molecule has 0 radical (unpaired) electrons. The number of benzene rings is 2. The zero-order valence-corrected chi connectivity index (χ0v) is 61.1. The van der Waals surface area contributed by atoms with E-state index in [4.69, 9.17) is 36.1 Å². The van der Waals surface area contributed by atoms with Gasteiger partial charge in [0.25, 0.3) is 38.3 Å². The first-order valence-electron chi connectivity index (χ1n) is 26.1. The van der Waals surface area contributed by atoms with Gasteiger partial charge >= 0.3 is 103 Å². The van der Waals surface area contributed by atoms with Gasteiger partial charge in [-0.15, -0.1) is 22.6 Å². The minimum atomic E-state index is -4.32. The summed E-state index contributed by atoms with van der Waals surface area (Å²) >= 11 is 6.13. The number of sulfonamides is 2. The average molecular weight is 1360 g/mol. The fourth-order valence-corrected chi connectivity index (χ4v) is 11.5. The van der Waals surface area contributed by atoms with Gasteiger partial charge < -0.3 is 41.5 Å². The number of para-hydroxylation sites is 2. The van der Waals surface area contributed by atoms with Gasteiger partial charge in [-0.1, -0.05) is 63.6 Å². The SMILES string of the molecule is CC1(COc2ccn(-c3ccc(C(=O)NS(=O)(=O)c4ccccc4O)c(Cl)n3)n2)CC1.C[C@@H]1CN(c2nc(-n3ccc(OCC4(C)CC4)n3)ccc2C(=O)NS(=O)(=O)c2ccccc2O)C(C)(C)C1.C[C@@H]1CNC(C)(C)C1.Cl.O=CO[O-].S.S.[H-].[K+].[K+]. The Balaban J connectivity index is 0.000000697. The van der Waals surface area contributed by atoms with Crippen LogP contribution in [0.2, 0.25) is 5.15 Å². The predicted molar refractivity (Wildman–Crippen MR) is 326 cm³/mol. The third-order valence-electron chi connectivity index (χ3n) is 14.0. The molecule has 6 aromatic rings. The number of carbonyl (C=O) groups excluding carboxylic acids is 3. The van der Waals surface area contributed by atoms with Gasteiger partial charge in [0.15, 0.2) is 11.6 Å². The molecule has 2 saturated heterocycles. The van der Waals surface area contributed by atoms with Crippen LogP contribution < -0.4 is 137 Å². The van der Waals surface area contributed by atoms with E-state index < -0.39 is 48.3 Å². The molecule has 2 amide bonds. The van der Waals surface area contributed by atoms with E-state index in [0.29, 0.717) is 60.4 Å². The molecule has 23 nitrogen and oxygen atoms in total. The first kappa shape index (κ1) is 79.0. The Bertz CT molecular complexity index is 3490. The molecule has 462 valence electrons. The van der Waals surface area contributed by atoms with Crippen molar-refractivity contribution in [2.75, 3.05) is 31.2 Å². The fourth-order valence-electron chi connectivity index (χ4n) is 9.16. The molecular weight excluding hydrogens is 1290 g/mol. The summed E-state index contributed by atoms with van der Waals surface area (Å²) in [5.41, 5.74) is 0.514. The van der Waals surface area contributed by atoms with Crippen molar-refractivity contribution in [1.82, 2.24) is 44.3 Å². The van der Waals surface area contributed by atoms with Gasteiger partial charge in [-0.25, -0.2) is 45.6 Å². The minimum Gasteiger partial charge on any atom is -1.00 e. The summed E-state index contributed by atoms with van der Waals surface area (Å²) in [6, 6.07) is 20.2. The van der Waals surface area contributed by atoms with E-state index in [1.165, 1.54) is 78.3 Å². The molecule has 5 N–H and O–H groups in total. The maximum absolute atomic E-state index is 13.4. The Morgan fingerprint density at radius 1 is 0.709 bits per heavy atom. The summed E-state index contributed by atoms with van der Waals surface area (Å²) in [7, 11) is -8.62. The summed E-state index contributed by atoms with van der Waals surface area (Å²) in [6.45, 7) is 20.3. The van der Waals surface area contributed by atoms with E-state index in [-0.39, 0.29) is 188 Å². The van der Waals surface area contributed by atoms with Crippen LogP contribution in [0.25, 0.3) is 11.6 Å². The van der Waals surface area contributed by atoms with Crippen LogP contribution in [0.5, 0.6) is 23.3 Å². The second kappa shape index (κ2) is 33.3. The average Bonchev–Trinajstić information content (AvgIpc) is 1.89. The van der Waals surface area contributed by atoms with Gasteiger partial charge in [0.1, 0.15) is 32.3 Å². The molecule has 31 heteroatoms. The van der Waals surface area contributed by atoms with E-state index in [1.54, 1.807) is 41.3 Å². The summed E-state index contributed by atoms with van der Waals surface area (Å²) in [5.74, 6) is 0.613. The van der Waals surface area contributed by atoms with Crippen LogP contribution in [0.3, 0.4) is 0 Å². The number of pyridine rings is 2. The number of nitrogens with one attached hydrogen (secondary N) is 3. The predicted octanol–water partition coefficient (Wildman–Crippen LogP) is 1.42. The first-order valence-corrected chi connectivity index (χ1v) is 29.4. The van der Waals surface area contributed by atoms with Crippen LogP contribution in [-0.2, 0) is 29.7 Å². The third-order valence-corrected chi connectivity index (χ3v) is 17.1. The second-order valence-corrected chi connectivity index (χ2v) is 26.4. The van der Waals surface area contributed by atoms with Crippen LogP contribution in [0.1, 0.15) is 116 Å².